The SMILES string of the molecule is Cc1ccc(C(F)(F)CNC(=O)c2cc(Cl)ncc2Sc2cccc(F)c2)c(C)c1. The smallest absolute Gasteiger partial charge is 0.290 e. The number of aromatic nitrogens is 1. The van der Waals surface area contributed by atoms with Gasteiger partial charge < -0.3 is 5.32 Å². The number of carbonyl (C=O) groups excluding carboxylic acids is 1. The summed E-state index contributed by atoms with van der Waals surface area (Å²) in [5.74, 6) is -4.40. The van der Waals surface area contributed by atoms with Crippen molar-refractivity contribution in [3.63, 3.8) is 0 Å². The number of halogens is 4. The lowest BCUT2D eigenvalue weighted by atomic mass is 10.00. The van der Waals surface area contributed by atoms with E-state index in [4.69, 9.17) is 11.6 Å². The van der Waals surface area contributed by atoms with Crippen molar-refractivity contribution < 1.29 is 18.0 Å². The van der Waals surface area contributed by atoms with Gasteiger partial charge in [-0.1, -0.05) is 53.2 Å². The van der Waals surface area contributed by atoms with Gasteiger partial charge in [-0.15, -0.1) is 0 Å². The van der Waals surface area contributed by atoms with Gasteiger partial charge in [-0.3, -0.25) is 4.79 Å². The molecular weight excluding hydrogens is 433 g/mol. The molecule has 30 heavy (non-hydrogen) atoms. The maximum Gasteiger partial charge on any atom is 0.290 e. The molecule has 0 bridgehead atoms. The van der Waals surface area contributed by atoms with Gasteiger partial charge >= 0.3 is 0 Å². The van der Waals surface area contributed by atoms with Crippen molar-refractivity contribution in [3.8, 4) is 0 Å². The van der Waals surface area contributed by atoms with E-state index in [0.717, 1.165) is 17.3 Å². The molecule has 0 unspecified atom stereocenters. The summed E-state index contributed by atoms with van der Waals surface area (Å²) in [6, 6.07) is 11.7. The Morgan fingerprint density at radius 1 is 1.17 bits per heavy atom. The molecule has 1 heterocycles. The highest BCUT2D eigenvalue weighted by Gasteiger charge is 2.34. The quantitative estimate of drug-likeness (QED) is 0.457. The Morgan fingerprint density at radius 3 is 2.63 bits per heavy atom. The lowest BCUT2D eigenvalue weighted by Gasteiger charge is -2.20. The van der Waals surface area contributed by atoms with E-state index in [9.17, 15) is 18.0 Å². The summed E-state index contributed by atoms with van der Waals surface area (Å²) in [4.78, 5) is 17.5. The molecule has 3 nitrogen and oxygen atoms in total. The molecule has 1 amide bonds. The molecule has 156 valence electrons. The minimum atomic E-state index is -3.25. The van der Waals surface area contributed by atoms with E-state index in [2.05, 4.69) is 10.3 Å². The van der Waals surface area contributed by atoms with Gasteiger partial charge in [-0.25, -0.2) is 9.37 Å². The number of carbonyl (C=O) groups is 1. The molecule has 0 atom stereocenters. The van der Waals surface area contributed by atoms with E-state index in [1.807, 2.05) is 6.92 Å². The number of benzene rings is 2. The Kier molecular flexibility index (Phi) is 6.73. The molecule has 0 aliphatic rings. The van der Waals surface area contributed by atoms with Crippen LogP contribution in [0.1, 0.15) is 27.0 Å². The van der Waals surface area contributed by atoms with Crippen LogP contribution < -0.4 is 5.32 Å². The summed E-state index contributed by atoms with van der Waals surface area (Å²) in [6.07, 6.45) is 1.36. The van der Waals surface area contributed by atoms with E-state index in [-0.39, 0.29) is 16.3 Å². The standard InChI is InChI=1S/C22H18ClF3N2OS/c1-13-6-7-18(14(2)8-13)22(25,26)12-28-21(29)17-10-20(23)27-11-19(17)30-16-5-3-4-15(24)9-16/h3-11H,12H2,1-2H3,(H,28,29). The summed E-state index contributed by atoms with van der Waals surface area (Å²) < 4.78 is 42.8. The Bertz CT molecular complexity index is 1090. The van der Waals surface area contributed by atoms with Gasteiger partial charge in [-0.2, -0.15) is 8.78 Å². The van der Waals surface area contributed by atoms with Crippen LogP contribution in [0.2, 0.25) is 5.15 Å². The first kappa shape index (κ1) is 22.2. The third-order valence-corrected chi connectivity index (χ3v) is 5.59. The number of nitrogens with zero attached hydrogens (tertiary/aromatic N) is 1. The van der Waals surface area contributed by atoms with Crippen molar-refractivity contribution >= 4 is 29.3 Å². The maximum absolute atomic E-state index is 14.7. The lowest BCUT2D eigenvalue weighted by Crippen LogP contribution is -2.35. The molecule has 0 aliphatic carbocycles. The molecule has 3 aromatic rings. The first-order valence-corrected chi connectivity index (χ1v) is 10.2. The van der Waals surface area contributed by atoms with Crippen molar-refractivity contribution in [1.29, 1.82) is 0 Å². The molecule has 0 fully saturated rings. The molecular formula is C22H18ClF3N2OS. The van der Waals surface area contributed by atoms with Crippen LogP contribution in [0.15, 0.2) is 64.5 Å². The predicted molar refractivity (Wildman–Crippen MR) is 112 cm³/mol. The van der Waals surface area contributed by atoms with Crippen molar-refractivity contribution in [2.45, 2.75) is 29.6 Å². The van der Waals surface area contributed by atoms with E-state index in [1.54, 1.807) is 25.1 Å². The van der Waals surface area contributed by atoms with Gasteiger partial charge in [0.1, 0.15) is 11.0 Å². The third kappa shape index (κ3) is 5.34. The minimum absolute atomic E-state index is 0.0462. The zero-order chi connectivity index (χ0) is 21.9. The largest absolute Gasteiger partial charge is 0.346 e. The fraction of sp³-hybridized carbons (Fsp3) is 0.182. The Morgan fingerprint density at radius 2 is 1.93 bits per heavy atom. The van der Waals surface area contributed by atoms with Gasteiger partial charge in [0, 0.05) is 21.6 Å². The summed E-state index contributed by atoms with van der Waals surface area (Å²) in [5.41, 5.74) is 1.27. The molecule has 3 rings (SSSR count). The molecule has 1 aromatic heterocycles. The Labute approximate surface area is 181 Å². The van der Waals surface area contributed by atoms with E-state index in [1.165, 1.54) is 36.5 Å². The number of amides is 1. The first-order chi connectivity index (χ1) is 14.2. The van der Waals surface area contributed by atoms with Crippen molar-refractivity contribution in [3.05, 3.63) is 88.0 Å². The van der Waals surface area contributed by atoms with Crippen LogP contribution in [-0.4, -0.2) is 17.4 Å². The van der Waals surface area contributed by atoms with E-state index >= 15 is 0 Å². The van der Waals surface area contributed by atoms with Gasteiger partial charge in [-0.05, 0) is 43.7 Å². The summed E-state index contributed by atoms with van der Waals surface area (Å²) in [5, 5.41) is 2.33. The second-order valence-electron chi connectivity index (χ2n) is 6.77. The van der Waals surface area contributed by atoms with Gasteiger partial charge in [0.15, 0.2) is 0 Å². The summed E-state index contributed by atoms with van der Waals surface area (Å²) in [6.45, 7) is 2.55. The average Bonchev–Trinajstić information content (AvgIpc) is 2.67. The second kappa shape index (κ2) is 9.10. The van der Waals surface area contributed by atoms with Gasteiger partial charge in [0.05, 0.1) is 12.1 Å². The molecule has 0 saturated carbocycles. The highest BCUT2D eigenvalue weighted by molar-refractivity contribution is 7.99. The molecule has 0 spiro atoms. The fourth-order valence-electron chi connectivity index (χ4n) is 2.94. The number of alkyl halides is 2. The Hall–Kier alpha value is -2.51. The summed E-state index contributed by atoms with van der Waals surface area (Å²) in [7, 11) is 0. The number of hydrogen-bond donors (Lipinski definition) is 1. The summed E-state index contributed by atoms with van der Waals surface area (Å²) >= 11 is 6.99. The average molecular weight is 451 g/mol. The number of nitrogens with one attached hydrogen (secondary N) is 1. The number of hydrogen-bond acceptors (Lipinski definition) is 3. The molecule has 8 heteroatoms. The first-order valence-electron chi connectivity index (χ1n) is 8.98. The van der Waals surface area contributed by atoms with Crippen LogP contribution in [0, 0.1) is 19.7 Å². The highest BCUT2D eigenvalue weighted by Crippen LogP contribution is 2.33. The van der Waals surface area contributed by atoms with Crippen LogP contribution in [-0.2, 0) is 5.92 Å². The van der Waals surface area contributed by atoms with Crippen LogP contribution in [0.5, 0.6) is 0 Å². The van der Waals surface area contributed by atoms with Crippen molar-refractivity contribution in [2.75, 3.05) is 6.54 Å². The normalized spacial score (nSPS) is 11.4. The van der Waals surface area contributed by atoms with Crippen LogP contribution in [0.4, 0.5) is 13.2 Å². The molecule has 1 N–H and O–H groups in total. The number of aryl methyl sites for hydroxylation is 2. The maximum atomic E-state index is 14.7. The number of rotatable bonds is 6. The number of pyridine rings is 1. The molecule has 0 radical (unpaired) electrons. The molecule has 0 saturated heterocycles. The lowest BCUT2D eigenvalue weighted by molar-refractivity contribution is -0.00310. The second-order valence-corrected chi connectivity index (χ2v) is 8.27. The monoisotopic (exact) mass is 450 g/mol. The minimum Gasteiger partial charge on any atom is -0.346 e. The molecule has 0 aliphatic heterocycles. The third-order valence-electron chi connectivity index (χ3n) is 4.35. The van der Waals surface area contributed by atoms with Gasteiger partial charge in [0.25, 0.3) is 11.8 Å². The Balaban J connectivity index is 1.80. The predicted octanol–water partition coefficient (Wildman–Crippen LogP) is 6.16. The molecule has 2 aromatic carbocycles. The topological polar surface area (TPSA) is 42.0 Å². The van der Waals surface area contributed by atoms with Crippen LogP contribution >= 0.6 is 23.4 Å². The van der Waals surface area contributed by atoms with Crippen LogP contribution in [0.3, 0.4) is 0 Å². The van der Waals surface area contributed by atoms with Crippen molar-refractivity contribution in [1.82, 2.24) is 10.3 Å². The van der Waals surface area contributed by atoms with E-state index < -0.39 is 24.2 Å². The zero-order valence-electron chi connectivity index (χ0n) is 16.2. The van der Waals surface area contributed by atoms with Gasteiger partial charge in [0.2, 0.25) is 0 Å². The van der Waals surface area contributed by atoms with Crippen molar-refractivity contribution in [2.24, 2.45) is 0 Å². The van der Waals surface area contributed by atoms with Crippen LogP contribution in [0.25, 0.3) is 0 Å². The van der Waals surface area contributed by atoms with E-state index in [0.29, 0.717) is 15.4 Å². The fourth-order valence-corrected chi connectivity index (χ4v) is 4.04. The zero-order valence-corrected chi connectivity index (χ0v) is 17.8. The highest BCUT2D eigenvalue weighted by atomic mass is 35.5.